The summed E-state index contributed by atoms with van der Waals surface area (Å²) in [5, 5.41) is 7.93. The summed E-state index contributed by atoms with van der Waals surface area (Å²) in [6.07, 6.45) is 6.03. The molecule has 2 fully saturated rings. The Morgan fingerprint density at radius 3 is 2.85 bits per heavy atom. The van der Waals surface area contributed by atoms with Crippen molar-refractivity contribution in [1.29, 1.82) is 0 Å². The third-order valence-electron chi connectivity index (χ3n) is 5.52. The molecule has 138 valence electrons. The van der Waals surface area contributed by atoms with Crippen LogP contribution in [0.25, 0.3) is 0 Å². The molecule has 26 heavy (non-hydrogen) atoms. The number of benzene rings is 1. The molecule has 6 nitrogen and oxygen atoms in total. The highest BCUT2D eigenvalue weighted by Gasteiger charge is 2.44. The number of carbonyl (C=O) groups is 1. The summed E-state index contributed by atoms with van der Waals surface area (Å²) < 4.78 is 1.84. The summed E-state index contributed by atoms with van der Waals surface area (Å²) >= 11 is 6.17. The number of aromatic nitrogens is 2. The average Bonchev–Trinajstić information content (AvgIpc) is 3.29. The van der Waals surface area contributed by atoms with Gasteiger partial charge in [0.2, 0.25) is 0 Å². The van der Waals surface area contributed by atoms with Crippen LogP contribution in [0.4, 0.5) is 10.5 Å². The van der Waals surface area contributed by atoms with Gasteiger partial charge in [-0.05, 0) is 37.5 Å². The van der Waals surface area contributed by atoms with E-state index in [1.54, 1.807) is 0 Å². The molecule has 2 amide bonds. The number of aryl methyl sites for hydroxylation is 2. The number of nitrogens with one attached hydrogen (secondary N) is 1. The van der Waals surface area contributed by atoms with Crippen LogP contribution in [-0.2, 0) is 13.6 Å². The Hall–Kier alpha value is -2.05. The maximum atomic E-state index is 12.8. The van der Waals surface area contributed by atoms with E-state index in [1.165, 1.54) is 5.56 Å². The van der Waals surface area contributed by atoms with E-state index < -0.39 is 0 Å². The SMILES string of the molecule is Cc1ccc(NC(=O)N2CC[C@H]3[C@@H]2CCN3Cc2cnn(C)c2)cc1Cl. The first-order valence-corrected chi connectivity index (χ1v) is 9.44. The summed E-state index contributed by atoms with van der Waals surface area (Å²) in [6, 6.07) is 6.33. The number of hydrogen-bond acceptors (Lipinski definition) is 3. The monoisotopic (exact) mass is 373 g/mol. The number of anilines is 1. The van der Waals surface area contributed by atoms with Crippen molar-refractivity contribution in [2.24, 2.45) is 7.05 Å². The molecule has 1 aromatic heterocycles. The van der Waals surface area contributed by atoms with Crippen LogP contribution >= 0.6 is 11.6 Å². The molecular weight excluding hydrogens is 350 g/mol. The van der Waals surface area contributed by atoms with Crippen molar-refractivity contribution in [2.45, 2.75) is 38.4 Å². The van der Waals surface area contributed by atoms with Gasteiger partial charge in [0, 0.05) is 55.2 Å². The second-order valence-electron chi connectivity index (χ2n) is 7.29. The third kappa shape index (κ3) is 3.31. The van der Waals surface area contributed by atoms with E-state index in [-0.39, 0.29) is 12.1 Å². The first-order valence-electron chi connectivity index (χ1n) is 9.06. The zero-order valence-electron chi connectivity index (χ0n) is 15.2. The summed E-state index contributed by atoms with van der Waals surface area (Å²) in [6.45, 7) is 4.67. The fourth-order valence-electron chi connectivity index (χ4n) is 4.18. The van der Waals surface area contributed by atoms with Gasteiger partial charge in [-0.2, -0.15) is 5.10 Å². The van der Waals surface area contributed by atoms with E-state index in [9.17, 15) is 4.79 Å². The molecule has 2 aliphatic rings. The minimum atomic E-state index is -0.0272. The van der Waals surface area contributed by atoms with Crippen molar-refractivity contribution < 1.29 is 4.79 Å². The zero-order valence-corrected chi connectivity index (χ0v) is 15.9. The maximum absolute atomic E-state index is 12.8. The quantitative estimate of drug-likeness (QED) is 0.898. The Balaban J connectivity index is 1.40. The molecule has 0 spiro atoms. The second-order valence-corrected chi connectivity index (χ2v) is 7.70. The molecule has 0 bridgehead atoms. The first kappa shape index (κ1) is 17.4. The van der Waals surface area contributed by atoms with Crippen LogP contribution in [0.3, 0.4) is 0 Å². The molecule has 3 heterocycles. The van der Waals surface area contributed by atoms with Crippen molar-refractivity contribution in [2.75, 3.05) is 18.4 Å². The van der Waals surface area contributed by atoms with Gasteiger partial charge in [-0.25, -0.2) is 4.79 Å². The Morgan fingerprint density at radius 1 is 1.31 bits per heavy atom. The molecule has 2 saturated heterocycles. The van der Waals surface area contributed by atoms with E-state index in [0.717, 1.165) is 43.7 Å². The molecule has 2 atom stereocenters. The summed E-state index contributed by atoms with van der Waals surface area (Å²) in [5.41, 5.74) is 2.98. The van der Waals surface area contributed by atoms with Gasteiger partial charge in [-0.15, -0.1) is 0 Å². The van der Waals surface area contributed by atoms with E-state index in [1.807, 2.05) is 47.9 Å². The zero-order chi connectivity index (χ0) is 18.3. The molecule has 2 aliphatic heterocycles. The Labute approximate surface area is 158 Å². The number of rotatable bonds is 3. The van der Waals surface area contributed by atoms with E-state index in [2.05, 4.69) is 21.5 Å². The van der Waals surface area contributed by atoms with Gasteiger partial charge in [0.1, 0.15) is 0 Å². The second kappa shape index (κ2) is 6.93. The molecule has 1 aromatic carbocycles. The molecule has 0 unspecified atom stereocenters. The van der Waals surface area contributed by atoms with Crippen molar-refractivity contribution in [1.82, 2.24) is 19.6 Å². The van der Waals surface area contributed by atoms with Crippen molar-refractivity contribution in [3.63, 3.8) is 0 Å². The number of likely N-dealkylation sites (tertiary alicyclic amines) is 2. The standard InChI is InChI=1S/C19H24ClN5O/c1-13-3-4-15(9-16(13)20)22-19(26)25-8-6-17-18(25)5-7-24(17)12-14-10-21-23(2)11-14/h3-4,9-11,17-18H,5-8,12H2,1-2H3,(H,22,26)/t17-,18-/m0/s1. The molecule has 7 heteroatoms. The van der Waals surface area contributed by atoms with Crippen LogP contribution in [0.15, 0.2) is 30.6 Å². The number of urea groups is 1. The van der Waals surface area contributed by atoms with Gasteiger partial charge in [-0.1, -0.05) is 17.7 Å². The van der Waals surface area contributed by atoms with Crippen LogP contribution in [0.2, 0.25) is 5.02 Å². The number of nitrogens with zero attached hydrogens (tertiary/aromatic N) is 4. The first-order chi connectivity index (χ1) is 12.5. The molecule has 0 aliphatic carbocycles. The third-order valence-corrected chi connectivity index (χ3v) is 5.93. The van der Waals surface area contributed by atoms with Crippen LogP contribution in [0.5, 0.6) is 0 Å². The highest BCUT2D eigenvalue weighted by Crippen LogP contribution is 2.33. The lowest BCUT2D eigenvalue weighted by atomic mass is 10.1. The van der Waals surface area contributed by atoms with Gasteiger partial charge in [0.05, 0.1) is 12.2 Å². The summed E-state index contributed by atoms with van der Waals surface area (Å²) in [4.78, 5) is 17.2. The fourth-order valence-corrected chi connectivity index (χ4v) is 4.36. The Bertz CT molecular complexity index is 820. The fraction of sp³-hybridized carbons (Fsp3) is 0.474. The van der Waals surface area contributed by atoms with E-state index >= 15 is 0 Å². The summed E-state index contributed by atoms with van der Waals surface area (Å²) in [5.74, 6) is 0. The average molecular weight is 374 g/mol. The maximum Gasteiger partial charge on any atom is 0.322 e. The lowest BCUT2D eigenvalue weighted by Gasteiger charge is -2.25. The number of hydrogen-bond donors (Lipinski definition) is 1. The number of fused-ring (bicyclic) bond motifs is 1. The Morgan fingerprint density at radius 2 is 2.12 bits per heavy atom. The molecule has 1 N–H and O–H groups in total. The largest absolute Gasteiger partial charge is 0.322 e. The van der Waals surface area contributed by atoms with Crippen molar-refractivity contribution in [3.05, 3.63) is 46.7 Å². The molecular formula is C19H24ClN5O. The number of carbonyl (C=O) groups excluding carboxylic acids is 1. The van der Waals surface area contributed by atoms with Gasteiger partial charge in [-0.3, -0.25) is 9.58 Å². The van der Waals surface area contributed by atoms with Crippen molar-refractivity contribution in [3.8, 4) is 0 Å². The Kier molecular flexibility index (Phi) is 4.63. The predicted octanol–water partition coefficient (Wildman–Crippen LogP) is 3.26. The lowest BCUT2D eigenvalue weighted by molar-refractivity contribution is 0.200. The number of amides is 2. The van der Waals surface area contributed by atoms with Crippen LogP contribution < -0.4 is 5.32 Å². The molecule has 0 saturated carbocycles. The van der Waals surface area contributed by atoms with Crippen molar-refractivity contribution >= 4 is 23.3 Å². The van der Waals surface area contributed by atoms with Gasteiger partial charge in [0.25, 0.3) is 0 Å². The van der Waals surface area contributed by atoms with Crippen LogP contribution in [0, 0.1) is 6.92 Å². The molecule has 4 rings (SSSR count). The van der Waals surface area contributed by atoms with E-state index in [0.29, 0.717) is 11.1 Å². The highest BCUT2D eigenvalue weighted by atomic mass is 35.5. The lowest BCUT2D eigenvalue weighted by Crippen LogP contribution is -2.41. The normalized spacial score (nSPS) is 22.7. The topological polar surface area (TPSA) is 53.4 Å². The van der Waals surface area contributed by atoms with E-state index in [4.69, 9.17) is 11.6 Å². The summed E-state index contributed by atoms with van der Waals surface area (Å²) in [7, 11) is 1.94. The molecule has 0 radical (unpaired) electrons. The predicted molar refractivity (Wildman–Crippen MR) is 102 cm³/mol. The highest BCUT2D eigenvalue weighted by molar-refractivity contribution is 6.31. The van der Waals surface area contributed by atoms with Gasteiger partial charge >= 0.3 is 6.03 Å². The van der Waals surface area contributed by atoms with Gasteiger partial charge in [0.15, 0.2) is 0 Å². The smallest absolute Gasteiger partial charge is 0.320 e. The van der Waals surface area contributed by atoms with Crippen LogP contribution in [0.1, 0.15) is 24.0 Å². The minimum Gasteiger partial charge on any atom is -0.320 e. The molecule has 2 aromatic rings. The minimum absolute atomic E-state index is 0.0272. The number of halogens is 1. The van der Waals surface area contributed by atoms with Crippen LogP contribution in [-0.4, -0.2) is 50.8 Å². The van der Waals surface area contributed by atoms with Gasteiger partial charge < -0.3 is 10.2 Å².